The monoisotopic (exact) mass is 1010 g/mol. The Hall–Kier alpha value is -6.95. The van der Waals surface area contributed by atoms with Gasteiger partial charge in [0.1, 0.15) is 38.3 Å². The first-order valence-corrected chi connectivity index (χ1v) is 23.9. The van der Waals surface area contributed by atoms with Crippen LogP contribution >= 0.6 is 23.6 Å². The summed E-state index contributed by atoms with van der Waals surface area (Å²) in [5.41, 5.74) is -0.420. The number of ether oxygens (including phenoxy) is 2. The van der Waals surface area contributed by atoms with E-state index in [2.05, 4.69) is 29.8 Å². The summed E-state index contributed by atoms with van der Waals surface area (Å²) in [4.78, 5) is 27.1. The quantitative estimate of drug-likeness (QED) is 0.0246. The number of halogens is 1. The summed E-state index contributed by atoms with van der Waals surface area (Å²) >= 11 is 6.47. The molecule has 0 atom stereocenters. The highest BCUT2D eigenvalue weighted by atomic mass is 35.5. The van der Waals surface area contributed by atoms with Crippen molar-refractivity contribution in [2.75, 3.05) is 0 Å². The lowest BCUT2D eigenvalue weighted by molar-refractivity contribution is -0.432. The van der Waals surface area contributed by atoms with Crippen LogP contribution in [0, 0.1) is 0 Å². The molecule has 0 radical (unpaired) electrons. The van der Waals surface area contributed by atoms with Crippen molar-refractivity contribution in [1.82, 2.24) is 30.0 Å². The van der Waals surface area contributed by atoms with Crippen molar-refractivity contribution >= 4 is 110 Å². The minimum Gasteiger partial charge on any atom is -0.420 e. The molecule has 7 aromatic carbocycles. The topological polar surface area (TPSA) is 316 Å². The maximum atomic E-state index is 13.8. The SMILES string of the molecule is O=C(Oc1cc(-n2nc3ccc4c(S(=O)(=O)O)cc(S(=O)(=O)O)cc4c3n2)c(OC(=O)c2ccccc2)cc1-n1nc2ccc3c(SOOO)cc(S(=O)(=O)O)cc3c2n1)c1ccc(Cl)cc1. The summed E-state index contributed by atoms with van der Waals surface area (Å²) in [6.45, 7) is 0. The second-order valence-electron chi connectivity index (χ2n) is 14.0. The van der Waals surface area contributed by atoms with Crippen molar-refractivity contribution in [2.24, 2.45) is 0 Å². The lowest BCUT2D eigenvalue weighted by Crippen LogP contribution is -2.15. The zero-order chi connectivity index (χ0) is 47.6. The largest absolute Gasteiger partial charge is 0.420 e. The Bertz CT molecular complexity index is 3890. The molecule has 340 valence electrons. The number of rotatable bonds is 12. The number of hydrogen-bond donors (Lipinski definition) is 4. The molecule has 2 aromatic heterocycles. The van der Waals surface area contributed by atoms with E-state index in [4.69, 9.17) is 26.3 Å². The third-order valence-corrected chi connectivity index (χ3v) is 13.3. The number of fused-ring (bicyclic) bond motifs is 6. The molecule has 0 aliphatic rings. The normalized spacial score (nSPS) is 12.3. The minimum atomic E-state index is -5.10. The molecule has 27 heteroatoms. The van der Waals surface area contributed by atoms with Gasteiger partial charge in [-0.25, -0.2) is 14.8 Å². The lowest BCUT2D eigenvalue weighted by atomic mass is 10.1. The molecule has 67 heavy (non-hydrogen) atoms. The Morgan fingerprint density at radius 3 is 1.55 bits per heavy atom. The van der Waals surface area contributed by atoms with E-state index in [9.17, 15) is 48.5 Å². The molecule has 0 saturated heterocycles. The van der Waals surface area contributed by atoms with Crippen molar-refractivity contribution in [3.05, 3.63) is 131 Å². The summed E-state index contributed by atoms with van der Waals surface area (Å²) in [7, 11) is -15.0. The number of benzene rings is 7. The molecule has 22 nitrogen and oxygen atoms in total. The molecule has 4 N–H and O–H groups in total. The van der Waals surface area contributed by atoms with E-state index >= 15 is 0 Å². The van der Waals surface area contributed by atoms with Gasteiger partial charge in [0, 0.05) is 43.6 Å². The fraction of sp³-hybridized carbons (Fsp3) is 0. The van der Waals surface area contributed by atoms with Crippen molar-refractivity contribution in [3.8, 4) is 22.9 Å². The maximum absolute atomic E-state index is 13.8. The van der Waals surface area contributed by atoms with Crippen LogP contribution in [0.15, 0.2) is 135 Å². The molecule has 9 aromatic rings. The Morgan fingerprint density at radius 1 is 0.552 bits per heavy atom. The fourth-order valence-electron chi connectivity index (χ4n) is 6.85. The number of esters is 2. The number of carbonyl (C=O) groups is 2. The first-order valence-electron chi connectivity index (χ1n) is 18.5. The van der Waals surface area contributed by atoms with Gasteiger partial charge in [-0.2, -0.15) is 25.3 Å². The number of aromatic nitrogens is 6. The molecule has 0 saturated carbocycles. The first kappa shape index (κ1) is 45.2. The standard InChI is InChI=1S/C40H23ClN6O16S4/c41-22-8-6-21(7-9-22)40(49)61-34-19-31(47-43-30-13-11-26-28(38(30)45-47)15-24(66(54,55)56)17-36(26)67(57,58)59)33(60-39(48)20-4-2-1-3-5-20)18-32(34)46-42-29-12-10-25-27(37(29)44-46)14-23(65(51,52)53)16-35(25)64-63-62-50/h1-19,50H,(H,51,52,53)(H,54,55,56)(H,57,58,59). The average Bonchev–Trinajstić information content (AvgIpc) is 3.93. The van der Waals surface area contributed by atoms with Gasteiger partial charge >= 0.3 is 11.9 Å². The van der Waals surface area contributed by atoms with Crippen LogP contribution in [0.4, 0.5) is 0 Å². The second-order valence-corrected chi connectivity index (χ2v) is 19.4. The Labute approximate surface area is 384 Å². The summed E-state index contributed by atoms with van der Waals surface area (Å²) in [6.07, 6.45) is 0. The van der Waals surface area contributed by atoms with Gasteiger partial charge in [0.2, 0.25) is 0 Å². The van der Waals surface area contributed by atoms with Crippen LogP contribution in [-0.2, 0) is 39.7 Å². The average molecular weight is 1010 g/mol. The van der Waals surface area contributed by atoms with Gasteiger partial charge in [0.05, 0.1) is 33.0 Å². The fourth-order valence-corrected chi connectivity index (χ4v) is 9.47. The predicted octanol–water partition coefficient (Wildman–Crippen LogP) is 6.72. The van der Waals surface area contributed by atoms with E-state index < -0.39 is 57.0 Å². The second kappa shape index (κ2) is 17.0. The van der Waals surface area contributed by atoms with Crippen LogP contribution in [0.3, 0.4) is 0 Å². The van der Waals surface area contributed by atoms with E-state index in [1.165, 1.54) is 66.7 Å². The summed E-state index contributed by atoms with van der Waals surface area (Å²) in [5, 5.41) is 30.8. The highest BCUT2D eigenvalue weighted by Gasteiger charge is 2.27. The molecule has 0 amide bonds. The Kier molecular flexibility index (Phi) is 11.5. The zero-order valence-corrected chi connectivity index (χ0v) is 36.9. The smallest absolute Gasteiger partial charge is 0.343 e. The molecule has 2 heterocycles. The van der Waals surface area contributed by atoms with Gasteiger partial charge in [-0.05, 0) is 72.8 Å². The molecule has 9 rings (SSSR count). The molecule has 0 fully saturated rings. The lowest BCUT2D eigenvalue weighted by Gasteiger charge is -2.15. The van der Waals surface area contributed by atoms with E-state index in [-0.39, 0.29) is 82.5 Å². The Morgan fingerprint density at radius 2 is 1.04 bits per heavy atom. The van der Waals surface area contributed by atoms with Gasteiger partial charge in [-0.15, -0.1) is 34.3 Å². The molecular weight excluding hydrogens is 984 g/mol. The number of carbonyl (C=O) groups excluding carboxylic acids is 2. The highest BCUT2D eigenvalue weighted by molar-refractivity contribution is 7.94. The van der Waals surface area contributed by atoms with Crippen molar-refractivity contribution in [2.45, 2.75) is 19.6 Å². The van der Waals surface area contributed by atoms with Gasteiger partial charge in [-0.1, -0.05) is 47.0 Å². The zero-order valence-electron chi connectivity index (χ0n) is 32.9. The highest BCUT2D eigenvalue weighted by Crippen LogP contribution is 2.39. The van der Waals surface area contributed by atoms with E-state index in [1.54, 1.807) is 18.2 Å². The van der Waals surface area contributed by atoms with Crippen LogP contribution in [0.25, 0.3) is 55.0 Å². The predicted molar refractivity (Wildman–Crippen MR) is 234 cm³/mol. The van der Waals surface area contributed by atoms with Crippen LogP contribution in [-0.4, -0.2) is 86.1 Å². The Balaban J connectivity index is 1.31. The van der Waals surface area contributed by atoms with E-state index in [1.807, 2.05) is 0 Å². The molecule has 0 aliphatic heterocycles. The van der Waals surface area contributed by atoms with Crippen LogP contribution in [0.2, 0.25) is 5.02 Å². The summed E-state index contributed by atoms with van der Waals surface area (Å²) in [6, 6.07) is 24.7. The molecule has 0 bridgehead atoms. The maximum Gasteiger partial charge on any atom is 0.343 e. The van der Waals surface area contributed by atoms with Crippen molar-refractivity contribution in [3.63, 3.8) is 0 Å². The van der Waals surface area contributed by atoms with Crippen LogP contribution in [0.5, 0.6) is 11.5 Å². The molecule has 0 unspecified atom stereocenters. The van der Waals surface area contributed by atoms with Crippen molar-refractivity contribution < 1.29 is 72.6 Å². The van der Waals surface area contributed by atoms with E-state index in [0.717, 1.165) is 33.9 Å². The van der Waals surface area contributed by atoms with Crippen LogP contribution in [0.1, 0.15) is 20.7 Å². The van der Waals surface area contributed by atoms with Crippen molar-refractivity contribution in [1.29, 1.82) is 0 Å². The third-order valence-electron chi connectivity index (χ3n) is 9.83. The van der Waals surface area contributed by atoms with Gasteiger partial charge < -0.3 is 9.47 Å². The number of nitrogens with zero attached hydrogens (tertiary/aromatic N) is 6. The summed E-state index contributed by atoms with van der Waals surface area (Å²) < 4.78 is 121. The third kappa shape index (κ3) is 8.89. The molecule has 0 aliphatic carbocycles. The van der Waals surface area contributed by atoms with Gasteiger partial charge in [0.25, 0.3) is 30.4 Å². The van der Waals surface area contributed by atoms with Crippen LogP contribution < -0.4 is 9.47 Å². The number of hydrogen-bond acceptors (Lipinski definition) is 18. The van der Waals surface area contributed by atoms with E-state index in [0.29, 0.717) is 23.1 Å². The molecular formula is C40H23ClN6O16S4. The first-order chi connectivity index (χ1) is 31.8. The molecule has 0 spiro atoms. The van der Waals surface area contributed by atoms with Gasteiger partial charge in [0.15, 0.2) is 11.5 Å². The van der Waals surface area contributed by atoms with Gasteiger partial charge in [-0.3, -0.25) is 13.7 Å². The minimum absolute atomic E-state index is 0.0108. The summed E-state index contributed by atoms with van der Waals surface area (Å²) in [5.74, 6) is -2.57.